The van der Waals surface area contributed by atoms with E-state index < -0.39 is 8.07 Å². The normalized spacial score (nSPS) is 14.9. The summed E-state index contributed by atoms with van der Waals surface area (Å²) in [5, 5.41) is 8.76. The molecule has 0 saturated carbocycles. The van der Waals surface area contributed by atoms with Gasteiger partial charge in [0, 0.05) is 21.3 Å². The minimum absolute atomic E-state index is 0. The van der Waals surface area contributed by atoms with Gasteiger partial charge in [-0.3, -0.25) is 0 Å². The fraction of sp³-hybridized carbons (Fsp3) is 0.250. The van der Waals surface area contributed by atoms with Gasteiger partial charge in [-0.1, -0.05) is 51.2 Å². The summed E-state index contributed by atoms with van der Waals surface area (Å²) in [7, 11) is -1.64. The van der Waals surface area contributed by atoms with E-state index in [1.54, 1.807) is 44.9 Å². The topological polar surface area (TPSA) is 0 Å². The maximum atomic E-state index is 2.55. The Kier molecular flexibility index (Phi) is 22.6. The van der Waals surface area contributed by atoms with Crippen molar-refractivity contribution in [3.05, 3.63) is 151 Å². The van der Waals surface area contributed by atoms with Gasteiger partial charge in [0.1, 0.15) is 8.07 Å². The fourth-order valence-corrected chi connectivity index (χ4v) is 13.3. The van der Waals surface area contributed by atoms with Crippen LogP contribution in [0.1, 0.15) is 25.0 Å². The maximum Gasteiger partial charge on any atom is 4.00 e. The van der Waals surface area contributed by atoms with Crippen LogP contribution in [0.5, 0.6) is 0 Å². The van der Waals surface area contributed by atoms with Gasteiger partial charge in [-0.25, -0.2) is 0 Å². The first-order valence-corrected chi connectivity index (χ1v) is 26.9. The molecule has 2 aliphatic carbocycles. The van der Waals surface area contributed by atoms with Crippen molar-refractivity contribution in [3.63, 3.8) is 0 Å². The molecule has 0 amide bonds. The van der Waals surface area contributed by atoms with Crippen molar-refractivity contribution in [3.8, 4) is 0 Å². The van der Waals surface area contributed by atoms with Gasteiger partial charge in [0.15, 0.2) is 0 Å². The SMILES string of the molecule is CC1=C([Si](C)(C)C2=C(C)C=C3SCC=C32)C2=CCSC2=C1.C[Si](C)=[Zr+2].Cc1cc2ccccc2[cH-]1.Cc1cc2ccccc2[cH-]1.[Cl-].[Cl-].[Cl-].[Cl-].[Zr+4]. The first-order chi connectivity index (χ1) is 21.5. The Morgan fingerprint density at radius 2 is 0.980 bits per heavy atom. The minimum Gasteiger partial charge on any atom is -1.00 e. The molecule has 0 unspecified atom stereocenters. The summed E-state index contributed by atoms with van der Waals surface area (Å²) in [6.45, 7) is 18.6. The first kappa shape index (κ1) is 50.2. The van der Waals surface area contributed by atoms with E-state index >= 15 is 0 Å². The molecule has 0 fully saturated rings. The van der Waals surface area contributed by atoms with E-state index in [9.17, 15) is 0 Å². The van der Waals surface area contributed by atoms with Crippen molar-refractivity contribution >= 4 is 58.6 Å². The van der Waals surface area contributed by atoms with E-state index in [0.717, 1.165) is 11.5 Å². The first-order valence-electron chi connectivity index (χ1n) is 15.7. The summed E-state index contributed by atoms with van der Waals surface area (Å²) in [6, 6.07) is 25.7. The number of thioether (sulfide) groups is 2. The van der Waals surface area contributed by atoms with Gasteiger partial charge in [0.05, 0.1) is 0 Å². The summed E-state index contributed by atoms with van der Waals surface area (Å²) in [4.78, 5) is 3.03. The molecule has 2 aliphatic heterocycles. The summed E-state index contributed by atoms with van der Waals surface area (Å²) < 4.78 is 0. The number of rotatable bonds is 2. The third-order valence-electron chi connectivity index (χ3n) is 8.38. The number of aryl methyl sites for hydroxylation is 2. The molecule has 8 rings (SSSR count). The second kappa shape index (κ2) is 22.5. The van der Waals surface area contributed by atoms with Gasteiger partial charge in [0.2, 0.25) is 0 Å². The third-order valence-corrected chi connectivity index (χ3v) is 14.2. The van der Waals surface area contributed by atoms with E-state index in [-0.39, 0.29) is 81.3 Å². The largest absolute Gasteiger partial charge is 4.00 e. The van der Waals surface area contributed by atoms with Crippen molar-refractivity contribution in [1.82, 2.24) is 0 Å². The van der Waals surface area contributed by atoms with E-state index in [2.05, 4.69) is 151 Å². The summed E-state index contributed by atoms with van der Waals surface area (Å²) in [5.41, 5.74) is 9.06. The van der Waals surface area contributed by atoms with Gasteiger partial charge in [-0.05, 0) is 58.7 Å². The zero-order valence-corrected chi connectivity index (χ0v) is 41.6. The van der Waals surface area contributed by atoms with Gasteiger partial charge in [-0.2, -0.15) is 12.1 Å². The van der Waals surface area contributed by atoms with E-state index in [0.29, 0.717) is 0 Å². The van der Waals surface area contributed by atoms with Crippen LogP contribution >= 0.6 is 23.5 Å². The molecule has 4 aromatic rings. The average Bonchev–Trinajstić information content (AvgIpc) is 3.78. The molecule has 10 heteroatoms. The second-order valence-corrected chi connectivity index (χ2v) is 28.7. The molecule has 260 valence electrons. The molecule has 0 atom stereocenters. The standard InChI is InChI=1S/C18H20S2Si.2C10H9.C2H6Si.4ClH.2Zr/c1-11-9-15-13(5-7-19-15)17(11)21(3,4)18-12(2)10-16-14(18)6-8-20-16;2*1-8-6-9-4-2-3-5-10(9)7-8;1-3-2;;;;;;/h5-6,9-10H,7-8H2,1-4H3;2*2-7H,1H3;1-2H3;4*1H;;/q;2*-1;;;;;;+2;+4/p-4. The van der Waals surface area contributed by atoms with Crippen molar-refractivity contribution in [1.29, 1.82) is 0 Å². The zero-order valence-electron chi connectivity index (χ0n) is 30.0. The molecular formula is C40H44Cl4S2Si2Zr2. The predicted molar refractivity (Wildman–Crippen MR) is 206 cm³/mol. The summed E-state index contributed by atoms with van der Waals surface area (Å²) in [6.07, 6.45) is 9.75. The van der Waals surface area contributed by atoms with Crippen LogP contribution < -0.4 is 49.6 Å². The van der Waals surface area contributed by atoms with Crippen LogP contribution in [0.4, 0.5) is 0 Å². The van der Waals surface area contributed by atoms with Crippen molar-refractivity contribution in [2.75, 3.05) is 11.5 Å². The van der Waals surface area contributed by atoms with Crippen LogP contribution in [-0.2, 0) is 49.5 Å². The number of hydrogen-bond donors (Lipinski definition) is 0. The van der Waals surface area contributed by atoms with Gasteiger partial charge < -0.3 is 49.6 Å². The molecule has 0 spiro atoms. The molecular weight excluding hydrogens is 925 g/mol. The molecule has 0 bridgehead atoms. The smallest absolute Gasteiger partial charge is 1.00 e. The fourth-order valence-electron chi connectivity index (χ4n) is 6.83. The van der Waals surface area contributed by atoms with Gasteiger partial charge in [0.25, 0.3) is 0 Å². The number of halogens is 4. The number of fused-ring (bicyclic) bond motifs is 4. The van der Waals surface area contributed by atoms with Gasteiger partial charge in [-0.15, -0.1) is 105 Å². The van der Waals surface area contributed by atoms with E-state index in [1.165, 1.54) is 53.6 Å². The van der Waals surface area contributed by atoms with Crippen LogP contribution in [0.3, 0.4) is 0 Å². The van der Waals surface area contributed by atoms with Crippen molar-refractivity contribution < 1.29 is 99.2 Å². The van der Waals surface area contributed by atoms with E-state index in [1.807, 2.05) is 23.5 Å². The Hall–Kier alpha value is 0.160. The monoisotopic (exact) mass is 964 g/mol. The molecule has 4 aromatic carbocycles. The van der Waals surface area contributed by atoms with Gasteiger partial charge >= 0.3 is 68.1 Å². The Morgan fingerprint density at radius 3 is 1.32 bits per heavy atom. The summed E-state index contributed by atoms with van der Waals surface area (Å²) in [5.74, 6) is 2.31. The Balaban J connectivity index is 0.000000707. The van der Waals surface area contributed by atoms with Crippen LogP contribution in [0.25, 0.3) is 21.5 Å². The average molecular weight is 969 g/mol. The number of hydrogen-bond acceptors (Lipinski definition) is 2. The summed E-state index contributed by atoms with van der Waals surface area (Å²) >= 11 is 5.74. The molecule has 2 heterocycles. The molecule has 0 nitrogen and oxygen atoms in total. The molecule has 0 aromatic heterocycles. The molecule has 0 N–H and O–H groups in total. The van der Waals surface area contributed by atoms with Crippen molar-refractivity contribution in [2.45, 2.75) is 53.9 Å². The Labute approximate surface area is 369 Å². The quantitative estimate of drug-likeness (QED) is 0.207. The van der Waals surface area contributed by atoms with E-state index in [4.69, 9.17) is 0 Å². The van der Waals surface area contributed by atoms with Crippen LogP contribution in [0.2, 0.25) is 26.2 Å². The zero-order chi connectivity index (χ0) is 32.3. The van der Waals surface area contributed by atoms with Crippen LogP contribution in [0.15, 0.2) is 140 Å². The minimum atomic E-state index is -1.64. The number of benzene rings is 2. The Morgan fingerprint density at radius 1 is 0.640 bits per heavy atom. The second-order valence-electron chi connectivity index (χ2n) is 12.9. The predicted octanol–water partition coefficient (Wildman–Crippen LogP) is 0.0796. The molecule has 50 heavy (non-hydrogen) atoms. The van der Waals surface area contributed by atoms with Crippen LogP contribution in [-0.4, -0.2) is 25.0 Å². The Bertz CT molecular complexity index is 1770. The number of allylic oxidation sites excluding steroid dienone is 8. The van der Waals surface area contributed by atoms with Crippen LogP contribution in [0, 0.1) is 13.8 Å². The third kappa shape index (κ3) is 12.1. The van der Waals surface area contributed by atoms with Crippen molar-refractivity contribution in [2.24, 2.45) is 0 Å². The molecule has 0 saturated heterocycles. The molecule has 0 radical (unpaired) electrons. The molecule has 4 aliphatic rings. The maximum absolute atomic E-state index is 2.55.